The number of rotatable bonds is 6. The minimum absolute atomic E-state index is 0.0382. The maximum absolute atomic E-state index is 12.3. The molecule has 2 aromatic rings. The zero-order chi connectivity index (χ0) is 17.7. The maximum atomic E-state index is 12.3. The van der Waals surface area contributed by atoms with Gasteiger partial charge in [-0.3, -0.25) is 14.4 Å². The van der Waals surface area contributed by atoms with Gasteiger partial charge >= 0.3 is 0 Å². The average molecular weight is 325 g/mol. The van der Waals surface area contributed by atoms with Gasteiger partial charge in [0.2, 0.25) is 5.91 Å². The molecule has 0 spiro atoms. The zero-order valence-corrected chi connectivity index (χ0v) is 13.9. The Kier molecular flexibility index (Phi) is 5.47. The third kappa shape index (κ3) is 4.07. The van der Waals surface area contributed by atoms with E-state index in [0.717, 1.165) is 0 Å². The van der Waals surface area contributed by atoms with Crippen LogP contribution >= 0.6 is 0 Å². The first kappa shape index (κ1) is 17.4. The maximum Gasteiger partial charge on any atom is 0.228 e. The molecule has 0 aliphatic rings. The lowest BCUT2D eigenvalue weighted by molar-refractivity contribution is -0.115. The molecule has 124 valence electrons. The first-order chi connectivity index (χ1) is 11.4. The Hall–Kier alpha value is -2.95. The predicted molar refractivity (Wildman–Crippen MR) is 91.8 cm³/mol. The third-order valence-corrected chi connectivity index (χ3v) is 3.62. The molecule has 0 bridgehead atoms. The summed E-state index contributed by atoms with van der Waals surface area (Å²) in [6.45, 7) is 2.92. The minimum Gasteiger partial charge on any atom is -0.496 e. The molecule has 1 N–H and O–H groups in total. The first-order valence-corrected chi connectivity index (χ1v) is 7.50. The van der Waals surface area contributed by atoms with Crippen molar-refractivity contribution in [1.82, 2.24) is 0 Å². The van der Waals surface area contributed by atoms with E-state index in [1.807, 2.05) is 0 Å². The molecule has 2 rings (SSSR count). The molecular weight excluding hydrogens is 306 g/mol. The Morgan fingerprint density at radius 1 is 1.00 bits per heavy atom. The van der Waals surface area contributed by atoms with Crippen molar-refractivity contribution in [2.75, 3.05) is 12.4 Å². The highest BCUT2D eigenvalue weighted by atomic mass is 16.5. The number of carbonyl (C=O) groups is 3. The van der Waals surface area contributed by atoms with Gasteiger partial charge < -0.3 is 10.1 Å². The van der Waals surface area contributed by atoms with Gasteiger partial charge in [0.15, 0.2) is 11.6 Å². The fraction of sp³-hybridized carbons (Fsp3) is 0.211. The third-order valence-electron chi connectivity index (χ3n) is 3.62. The van der Waals surface area contributed by atoms with E-state index in [-0.39, 0.29) is 23.9 Å². The fourth-order valence-corrected chi connectivity index (χ4v) is 2.40. The molecule has 0 atom stereocenters. The van der Waals surface area contributed by atoms with Crippen LogP contribution < -0.4 is 10.1 Å². The number of methoxy groups -OCH3 is 1. The standard InChI is InChI=1S/C19H19NO4/c1-12(21)14-8-9-18(24-3)15(10-14)11-19(23)20-17-7-5-4-6-16(17)13(2)22/h4-10H,11H2,1-3H3,(H,20,23). The van der Waals surface area contributed by atoms with Gasteiger partial charge in [-0.05, 0) is 44.2 Å². The molecular formula is C19H19NO4. The van der Waals surface area contributed by atoms with Crippen LogP contribution in [-0.2, 0) is 11.2 Å². The Morgan fingerprint density at radius 3 is 2.33 bits per heavy atom. The molecule has 0 fully saturated rings. The summed E-state index contributed by atoms with van der Waals surface area (Å²) < 4.78 is 5.25. The second-order valence-electron chi connectivity index (χ2n) is 5.41. The van der Waals surface area contributed by atoms with E-state index in [4.69, 9.17) is 4.74 Å². The molecule has 5 nitrogen and oxygen atoms in total. The van der Waals surface area contributed by atoms with E-state index in [0.29, 0.717) is 28.1 Å². The van der Waals surface area contributed by atoms with Crippen LogP contribution in [0.2, 0.25) is 0 Å². The van der Waals surface area contributed by atoms with Crippen LogP contribution in [-0.4, -0.2) is 24.6 Å². The summed E-state index contributed by atoms with van der Waals surface area (Å²) in [5.41, 5.74) is 2.05. The SMILES string of the molecule is COc1ccc(C(C)=O)cc1CC(=O)Nc1ccccc1C(C)=O. The van der Waals surface area contributed by atoms with Crippen molar-refractivity contribution in [1.29, 1.82) is 0 Å². The molecule has 0 radical (unpaired) electrons. The summed E-state index contributed by atoms with van der Waals surface area (Å²) in [5, 5.41) is 2.74. The lowest BCUT2D eigenvalue weighted by Crippen LogP contribution is -2.17. The van der Waals surface area contributed by atoms with Crippen LogP contribution in [0.25, 0.3) is 0 Å². The van der Waals surface area contributed by atoms with Gasteiger partial charge in [-0.25, -0.2) is 0 Å². The van der Waals surface area contributed by atoms with E-state index in [2.05, 4.69) is 5.32 Å². The van der Waals surface area contributed by atoms with Gasteiger partial charge in [-0.15, -0.1) is 0 Å². The molecule has 0 unspecified atom stereocenters. The number of hydrogen-bond donors (Lipinski definition) is 1. The van der Waals surface area contributed by atoms with Gasteiger partial charge in [-0.1, -0.05) is 12.1 Å². The smallest absolute Gasteiger partial charge is 0.228 e. The van der Waals surface area contributed by atoms with E-state index in [1.54, 1.807) is 42.5 Å². The number of ether oxygens (including phenoxy) is 1. The second kappa shape index (κ2) is 7.55. The number of hydrogen-bond acceptors (Lipinski definition) is 4. The molecule has 0 aliphatic heterocycles. The molecule has 0 saturated heterocycles. The van der Waals surface area contributed by atoms with Crippen molar-refractivity contribution in [2.45, 2.75) is 20.3 Å². The van der Waals surface area contributed by atoms with E-state index in [1.165, 1.54) is 21.0 Å². The number of nitrogens with one attached hydrogen (secondary N) is 1. The normalized spacial score (nSPS) is 10.1. The van der Waals surface area contributed by atoms with Gasteiger partial charge in [0.05, 0.1) is 19.2 Å². The monoisotopic (exact) mass is 325 g/mol. The summed E-state index contributed by atoms with van der Waals surface area (Å²) in [7, 11) is 1.51. The first-order valence-electron chi connectivity index (χ1n) is 7.50. The van der Waals surface area contributed by atoms with E-state index < -0.39 is 0 Å². The van der Waals surface area contributed by atoms with Gasteiger partial charge in [0.1, 0.15) is 5.75 Å². The predicted octanol–water partition coefficient (Wildman–Crippen LogP) is 3.28. The summed E-state index contributed by atoms with van der Waals surface area (Å²) in [5.74, 6) is 0.0426. The van der Waals surface area contributed by atoms with Crippen LogP contribution in [0, 0.1) is 0 Å². The lowest BCUT2D eigenvalue weighted by atomic mass is 10.0. The van der Waals surface area contributed by atoms with Crippen molar-refractivity contribution in [2.24, 2.45) is 0 Å². The molecule has 5 heteroatoms. The van der Waals surface area contributed by atoms with Crippen molar-refractivity contribution >= 4 is 23.2 Å². The Balaban J connectivity index is 2.23. The number of para-hydroxylation sites is 1. The van der Waals surface area contributed by atoms with Crippen molar-refractivity contribution in [3.05, 3.63) is 59.2 Å². The molecule has 24 heavy (non-hydrogen) atoms. The van der Waals surface area contributed by atoms with Crippen LogP contribution in [0.4, 0.5) is 5.69 Å². The number of ketones is 2. The zero-order valence-electron chi connectivity index (χ0n) is 13.9. The lowest BCUT2D eigenvalue weighted by Gasteiger charge is -2.12. The highest BCUT2D eigenvalue weighted by Gasteiger charge is 2.14. The van der Waals surface area contributed by atoms with E-state index >= 15 is 0 Å². The van der Waals surface area contributed by atoms with Crippen molar-refractivity contribution in [3.8, 4) is 5.75 Å². The number of amides is 1. The Morgan fingerprint density at radius 2 is 1.71 bits per heavy atom. The Labute approximate surface area is 140 Å². The molecule has 2 aromatic carbocycles. The average Bonchev–Trinajstić information content (AvgIpc) is 2.54. The number of anilines is 1. The topological polar surface area (TPSA) is 72.5 Å². The molecule has 1 amide bonds. The molecule has 0 aromatic heterocycles. The summed E-state index contributed by atoms with van der Waals surface area (Å²) >= 11 is 0. The Bertz CT molecular complexity index is 796. The second-order valence-corrected chi connectivity index (χ2v) is 5.41. The van der Waals surface area contributed by atoms with Crippen LogP contribution in [0.1, 0.15) is 40.1 Å². The van der Waals surface area contributed by atoms with Crippen molar-refractivity contribution < 1.29 is 19.1 Å². The quantitative estimate of drug-likeness (QED) is 0.827. The number of Topliss-reactive ketones (excluding diaryl/α,β-unsaturated/α-hetero) is 2. The van der Waals surface area contributed by atoms with Crippen LogP contribution in [0.5, 0.6) is 5.75 Å². The molecule has 0 saturated carbocycles. The molecule has 0 aliphatic carbocycles. The highest BCUT2D eigenvalue weighted by Crippen LogP contribution is 2.22. The molecule has 0 heterocycles. The summed E-state index contributed by atoms with van der Waals surface area (Å²) in [6, 6.07) is 11.8. The minimum atomic E-state index is -0.289. The van der Waals surface area contributed by atoms with Crippen LogP contribution in [0.15, 0.2) is 42.5 Å². The van der Waals surface area contributed by atoms with Crippen LogP contribution in [0.3, 0.4) is 0 Å². The van der Waals surface area contributed by atoms with Gasteiger partial charge in [0, 0.05) is 16.7 Å². The summed E-state index contributed by atoms with van der Waals surface area (Å²) in [4.78, 5) is 35.5. The largest absolute Gasteiger partial charge is 0.496 e. The highest BCUT2D eigenvalue weighted by molar-refractivity contribution is 6.04. The summed E-state index contributed by atoms with van der Waals surface area (Å²) in [6.07, 6.45) is 0.0382. The van der Waals surface area contributed by atoms with E-state index in [9.17, 15) is 14.4 Å². The van der Waals surface area contributed by atoms with Crippen molar-refractivity contribution in [3.63, 3.8) is 0 Å². The number of benzene rings is 2. The van der Waals surface area contributed by atoms with Gasteiger partial charge in [0.25, 0.3) is 0 Å². The number of carbonyl (C=O) groups excluding carboxylic acids is 3. The fourth-order valence-electron chi connectivity index (χ4n) is 2.40. The van der Waals surface area contributed by atoms with Gasteiger partial charge in [-0.2, -0.15) is 0 Å².